The number of halogens is 2. The van der Waals surface area contributed by atoms with Gasteiger partial charge in [-0.3, -0.25) is 5.84 Å². The standard InChI is InChI=1S/C15H14BrClN2O/c16-10-4-5-11(13(17)8-10)14(19-18)12-3-1-2-9-6-7-20-15(9)12/h1-5,8,14,19H,6-7,18H2. The molecule has 0 saturated heterocycles. The highest BCUT2D eigenvalue weighted by Gasteiger charge is 2.24. The molecule has 0 amide bonds. The van der Waals surface area contributed by atoms with Gasteiger partial charge in [-0.1, -0.05) is 51.8 Å². The summed E-state index contributed by atoms with van der Waals surface area (Å²) in [7, 11) is 0. The lowest BCUT2D eigenvalue weighted by Gasteiger charge is -2.20. The molecule has 1 aliphatic rings. The van der Waals surface area contributed by atoms with E-state index in [9.17, 15) is 0 Å². The molecule has 0 fully saturated rings. The van der Waals surface area contributed by atoms with Crippen LogP contribution in [0.1, 0.15) is 22.7 Å². The van der Waals surface area contributed by atoms with Crippen LogP contribution in [-0.4, -0.2) is 6.61 Å². The van der Waals surface area contributed by atoms with E-state index in [4.69, 9.17) is 22.2 Å². The van der Waals surface area contributed by atoms with Crippen LogP contribution >= 0.6 is 27.5 Å². The highest BCUT2D eigenvalue weighted by atomic mass is 79.9. The number of para-hydroxylation sites is 1. The first kappa shape index (κ1) is 13.9. The van der Waals surface area contributed by atoms with Gasteiger partial charge in [-0.2, -0.15) is 0 Å². The lowest BCUT2D eigenvalue weighted by atomic mass is 9.96. The molecule has 2 aromatic carbocycles. The Kier molecular flexibility index (Phi) is 3.98. The number of ether oxygens (including phenoxy) is 1. The molecule has 3 N–H and O–H groups in total. The van der Waals surface area contributed by atoms with Crippen LogP contribution < -0.4 is 16.0 Å². The van der Waals surface area contributed by atoms with Crippen LogP contribution in [0.2, 0.25) is 5.02 Å². The molecule has 0 aliphatic carbocycles. The molecular weight excluding hydrogens is 340 g/mol. The zero-order valence-electron chi connectivity index (χ0n) is 10.7. The fraction of sp³-hybridized carbons (Fsp3) is 0.200. The highest BCUT2D eigenvalue weighted by molar-refractivity contribution is 9.10. The van der Waals surface area contributed by atoms with E-state index in [1.165, 1.54) is 5.56 Å². The van der Waals surface area contributed by atoms with Gasteiger partial charge in [0, 0.05) is 21.5 Å². The number of hydrazine groups is 1. The summed E-state index contributed by atoms with van der Waals surface area (Å²) in [5.74, 6) is 6.69. The molecule has 0 radical (unpaired) electrons. The molecule has 1 heterocycles. The van der Waals surface area contributed by atoms with Crippen molar-refractivity contribution in [1.29, 1.82) is 0 Å². The molecule has 0 spiro atoms. The Labute approximate surface area is 131 Å². The number of hydrogen-bond acceptors (Lipinski definition) is 3. The van der Waals surface area contributed by atoms with E-state index in [0.29, 0.717) is 5.02 Å². The average molecular weight is 354 g/mol. The van der Waals surface area contributed by atoms with Gasteiger partial charge in [0.2, 0.25) is 0 Å². The van der Waals surface area contributed by atoms with E-state index in [-0.39, 0.29) is 6.04 Å². The van der Waals surface area contributed by atoms with Gasteiger partial charge in [0.1, 0.15) is 5.75 Å². The second kappa shape index (κ2) is 5.74. The highest BCUT2D eigenvalue weighted by Crippen LogP contribution is 2.38. The van der Waals surface area contributed by atoms with Gasteiger partial charge in [0.05, 0.1) is 12.6 Å². The van der Waals surface area contributed by atoms with Crippen molar-refractivity contribution in [3.05, 3.63) is 62.6 Å². The largest absolute Gasteiger partial charge is 0.493 e. The lowest BCUT2D eigenvalue weighted by molar-refractivity contribution is 0.350. The summed E-state index contributed by atoms with van der Waals surface area (Å²) < 4.78 is 6.69. The third kappa shape index (κ3) is 2.44. The maximum absolute atomic E-state index is 6.34. The summed E-state index contributed by atoms with van der Waals surface area (Å²) in [6.45, 7) is 0.720. The first-order valence-corrected chi connectivity index (χ1v) is 7.53. The van der Waals surface area contributed by atoms with Crippen molar-refractivity contribution >= 4 is 27.5 Å². The van der Waals surface area contributed by atoms with Crippen molar-refractivity contribution in [3.8, 4) is 5.75 Å². The number of nitrogens with one attached hydrogen (secondary N) is 1. The summed E-state index contributed by atoms with van der Waals surface area (Å²) in [5, 5.41) is 0.665. The van der Waals surface area contributed by atoms with Crippen molar-refractivity contribution in [3.63, 3.8) is 0 Å². The minimum absolute atomic E-state index is 0.191. The maximum atomic E-state index is 6.34. The average Bonchev–Trinajstić information content (AvgIpc) is 2.91. The normalized spacial score (nSPS) is 14.8. The maximum Gasteiger partial charge on any atom is 0.127 e. The summed E-state index contributed by atoms with van der Waals surface area (Å²) in [6.07, 6.45) is 0.939. The Balaban J connectivity index is 2.09. The number of benzene rings is 2. The number of nitrogens with two attached hydrogens (primary N) is 1. The van der Waals surface area contributed by atoms with Gasteiger partial charge in [0.25, 0.3) is 0 Å². The van der Waals surface area contributed by atoms with Crippen molar-refractivity contribution in [1.82, 2.24) is 5.43 Å². The van der Waals surface area contributed by atoms with Gasteiger partial charge in [-0.15, -0.1) is 0 Å². The summed E-state index contributed by atoms with van der Waals surface area (Å²) in [5.41, 5.74) is 6.02. The molecule has 104 valence electrons. The van der Waals surface area contributed by atoms with E-state index < -0.39 is 0 Å². The van der Waals surface area contributed by atoms with E-state index >= 15 is 0 Å². The van der Waals surface area contributed by atoms with Gasteiger partial charge < -0.3 is 4.74 Å². The summed E-state index contributed by atoms with van der Waals surface area (Å²) in [4.78, 5) is 0. The van der Waals surface area contributed by atoms with Crippen molar-refractivity contribution < 1.29 is 4.74 Å². The zero-order valence-corrected chi connectivity index (χ0v) is 13.0. The van der Waals surface area contributed by atoms with Crippen LogP contribution in [0.4, 0.5) is 0 Å². The van der Waals surface area contributed by atoms with E-state index in [0.717, 1.165) is 34.4 Å². The number of fused-ring (bicyclic) bond motifs is 1. The van der Waals surface area contributed by atoms with E-state index in [1.807, 2.05) is 30.3 Å². The topological polar surface area (TPSA) is 47.3 Å². The first-order valence-electron chi connectivity index (χ1n) is 6.36. The molecule has 3 rings (SSSR count). The molecule has 1 atom stereocenters. The van der Waals surface area contributed by atoms with Crippen molar-refractivity contribution in [2.45, 2.75) is 12.5 Å². The SMILES string of the molecule is NNC(c1ccc(Br)cc1Cl)c1cccc2c1OCC2. The van der Waals surface area contributed by atoms with Crippen LogP contribution in [0.15, 0.2) is 40.9 Å². The Morgan fingerprint density at radius 2 is 2.10 bits per heavy atom. The van der Waals surface area contributed by atoms with Gasteiger partial charge in [-0.05, 0) is 23.3 Å². The van der Waals surface area contributed by atoms with Crippen molar-refractivity contribution in [2.75, 3.05) is 6.61 Å². The lowest BCUT2D eigenvalue weighted by Crippen LogP contribution is -2.29. The molecular formula is C15H14BrClN2O. The fourth-order valence-electron chi connectivity index (χ4n) is 2.55. The number of hydrogen-bond donors (Lipinski definition) is 2. The second-order valence-electron chi connectivity index (χ2n) is 4.70. The summed E-state index contributed by atoms with van der Waals surface area (Å²) >= 11 is 9.75. The Bertz CT molecular complexity index is 648. The monoisotopic (exact) mass is 352 g/mol. The van der Waals surface area contributed by atoms with E-state index in [2.05, 4.69) is 27.4 Å². The molecule has 1 unspecified atom stereocenters. The molecule has 0 bridgehead atoms. The van der Waals surface area contributed by atoms with Crippen molar-refractivity contribution in [2.24, 2.45) is 5.84 Å². The molecule has 20 heavy (non-hydrogen) atoms. The van der Waals surface area contributed by atoms with Gasteiger partial charge in [0.15, 0.2) is 0 Å². The molecule has 0 aromatic heterocycles. The van der Waals surface area contributed by atoms with Crippen LogP contribution in [0, 0.1) is 0 Å². The fourth-order valence-corrected chi connectivity index (χ4v) is 3.33. The molecule has 1 aliphatic heterocycles. The third-order valence-electron chi connectivity index (χ3n) is 3.50. The molecule has 5 heteroatoms. The smallest absolute Gasteiger partial charge is 0.127 e. The Morgan fingerprint density at radius 1 is 1.25 bits per heavy atom. The first-order chi connectivity index (χ1) is 9.70. The van der Waals surface area contributed by atoms with Crippen LogP contribution in [0.5, 0.6) is 5.75 Å². The molecule has 0 saturated carbocycles. The van der Waals surface area contributed by atoms with Gasteiger partial charge >= 0.3 is 0 Å². The minimum atomic E-state index is -0.191. The van der Waals surface area contributed by atoms with E-state index in [1.54, 1.807) is 0 Å². The Morgan fingerprint density at radius 3 is 2.85 bits per heavy atom. The molecule has 3 nitrogen and oxygen atoms in total. The predicted molar refractivity (Wildman–Crippen MR) is 84.0 cm³/mol. The minimum Gasteiger partial charge on any atom is -0.493 e. The third-order valence-corrected chi connectivity index (χ3v) is 4.32. The van der Waals surface area contributed by atoms with Crippen LogP contribution in [0.25, 0.3) is 0 Å². The number of rotatable bonds is 3. The Hall–Kier alpha value is -1.07. The zero-order chi connectivity index (χ0) is 14.1. The predicted octanol–water partition coefficient (Wildman–Crippen LogP) is 3.59. The van der Waals surface area contributed by atoms with Gasteiger partial charge in [-0.25, -0.2) is 5.43 Å². The van der Waals surface area contributed by atoms with Crippen LogP contribution in [-0.2, 0) is 6.42 Å². The second-order valence-corrected chi connectivity index (χ2v) is 6.02. The molecule has 2 aromatic rings. The summed E-state index contributed by atoms with van der Waals surface area (Å²) in [6, 6.07) is 11.7. The quantitative estimate of drug-likeness (QED) is 0.655. The van der Waals surface area contributed by atoms with Crippen LogP contribution in [0.3, 0.4) is 0 Å².